The van der Waals surface area contributed by atoms with Crippen molar-refractivity contribution in [2.45, 2.75) is 78.9 Å². The second kappa shape index (κ2) is 8.93. The molecule has 0 amide bonds. The van der Waals surface area contributed by atoms with Crippen LogP contribution in [-0.4, -0.2) is 24.8 Å². The Labute approximate surface area is 109 Å². The molecular weight excluding hydrogens is 210 g/mol. The summed E-state index contributed by atoms with van der Waals surface area (Å²) in [6, 6.07) is 0. The van der Waals surface area contributed by atoms with Crippen molar-refractivity contribution in [3.63, 3.8) is 0 Å². The van der Waals surface area contributed by atoms with E-state index in [-0.39, 0.29) is 5.54 Å². The van der Waals surface area contributed by atoms with E-state index in [0.29, 0.717) is 12.0 Å². The topological polar surface area (TPSA) is 21.3 Å². The SMILES string of the molecule is CCCC(C)COC(CCC)CNC(C)(C)C. The Balaban J connectivity index is 3.89. The lowest BCUT2D eigenvalue weighted by Crippen LogP contribution is -2.41. The predicted molar refractivity (Wildman–Crippen MR) is 76.5 cm³/mol. The molecule has 0 aromatic heterocycles. The van der Waals surface area contributed by atoms with Gasteiger partial charge in [-0.25, -0.2) is 0 Å². The van der Waals surface area contributed by atoms with E-state index in [4.69, 9.17) is 4.74 Å². The molecule has 0 aromatic carbocycles. The van der Waals surface area contributed by atoms with E-state index in [1.54, 1.807) is 0 Å². The molecule has 0 spiro atoms. The number of ether oxygens (including phenoxy) is 1. The molecule has 17 heavy (non-hydrogen) atoms. The van der Waals surface area contributed by atoms with Crippen molar-refractivity contribution in [2.75, 3.05) is 13.2 Å². The second-order valence-electron chi connectivity index (χ2n) is 6.27. The fraction of sp³-hybridized carbons (Fsp3) is 1.00. The number of hydrogen-bond donors (Lipinski definition) is 1. The van der Waals surface area contributed by atoms with Crippen LogP contribution >= 0.6 is 0 Å². The van der Waals surface area contributed by atoms with Gasteiger partial charge in [0.2, 0.25) is 0 Å². The molecule has 2 nitrogen and oxygen atoms in total. The summed E-state index contributed by atoms with van der Waals surface area (Å²) in [6.45, 7) is 15.2. The Hall–Kier alpha value is -0.0800. The summed E-state index contributed by atoms with van der Waals surface area (Å²) >= 11 is 0. The van der Waals surface area contributed by atoms with Gasteiger partial charge in [0.15, 0.2) is 0 Å². The molecule has 0 radical (unpaired) electrons. The lowest BCUT2D eigenvalue weighted by atomic mass is 10.1. The highest BCUT2D eigenvalue weighted by molar-refractivity contribution is 4.73. The molecule has 0 aliphatic carbocycles. The summed E-state index contributed by atoms with van der Waals surface area (Å²) in [6.07, 6.45) is 5.24. The van der Waals surface area contributed by atoms with Gasteiger partial charge in [-0.15, -0.1) is 0 Å². The zero-order valence-electron chi connectivity index (χ0n) is 12.8. The van der Waals surface area contributed by atoms with E-state index >= 15 is 0 Å². The predicted octanol–water partition coefficient (Wildman–Crippen LogP) is 4.00. The summed E-state index contributed by atoms with van der Waals surface area (Å²) in [5, 5.41) is 3.54. The molecule has 2 heteroatoms. The van der Waals surface area contributed by atoms with Crippen LogP contribution < -0.4 is 5.32 Å². The van der Waals surface area contributed by atoms with E-state index < -0.39 is 0 Å². The van der Waals surface area contributed by atoms with E-state index in [1.165, 1.54) is 19.3 Å². The molecule has 0 aromatic rings. The minimum Gasteiger partial charge on any atom is -0.377 e. The maximum Gasteiger partial charge on any atom is 0.0699 e. The van der Waals surface area contributed by atoms with E-state index in [2.05, 4.69) is 46.9 Å². The van der Waals surface area contributed by atoms with Gasteiger partial charge in [0.25, 0.3) is 0 Å². The van der Waals surface area contributed by atoms with Gasteiger partial charge in [-0.05, 0) is 39.5 Å². The first-order valence-electron chi connectivity index (χ1n) is 7.25. The van der Waals surface area contributed by atoms with Gasteiger partial charge in [0, 0.05) is 18.7 Å². The molecule has 1 N–H and O–H groups in total. The molecule has 0 saturated heterocycles. The third-order valence-corrected chi connectivity index (χ3v) is 2.87. The highest BCUT2D eigenvalue weighted by Crippen LogP contribution is 2.10. The summed E-state index contributed by atoms with van der Waals surface area (Å²) in [4.78, 5) is 0. The number of rotatable bonds is 9. The second-order valence-corrected chi connectivity index (χ2v) is 6.27. The van der Waals surface area contributed by atoms with Crippen molar-refractivity contribution in [2.24, 2.45) is 5.92 Å². The molecule has 0 aliphatic heterocycles. The van der Waals surface area contributed by atoms with E-state index in [0.717, 1.165) is 19.6 Å². The van der Waals surface area contributed by atoms with Gasteiger partial charge in [-0.1, -0.05) is 33.6 Å². The zero-order chi connectivity index (χ0) is 13.3. The molecule has 2 atom stereocenters. The Bertz CT molecular complexity index is 174. The van der Waals surface area contributed by atoms with Crippen molar-refractivity contribution in [3.8, 4) is 0 Å². The maximum absolute atomic E-state index is 6.03. The van der Waals surface area contributed by atoms with Gasteiger partial charge in [0.05, 0.1) is 6.10 Å². The molecular formula is C15H33NO. The van der Waals surface area contributed by atoms with Crippen molar-refractivity contribution in [1.29, 1.82) is 0 Å². The van der Waals surface area contributed by atoms with Gasteiger partial charge in [-0.3, -0.25) is 0 Å². The summed E-state index contributed by atoms with van der Waals surface area (Å²) in [7, 11) is 0. The largest absolute Gasteiger partial charge is 0.377 e. The van der Waals surface area contributed by atoms with Crippen LogP contribution in [0.5, 0.6) is 0 Å². The Morgan fingerprint density at radius 3 is 2.12 bits per heavy atom. The first-order valence-corrected chi connectivity index (χ1v) is 7.25. The molecule has 0 saturated carbocycles. The zero-order valence-corrected chi connectivity index (χ0v) is 12.8. The molecule has 0 rings (SSSR count). The molecule has 0 bridgehead atoms. The first kappa shape index (κ1) is 16.9. The van der Waals surface area contributed by atoms with Crippen molar-refractivity contribution in [3.05, 3.63) is 0 Å². The lowest BCUT2D eigenvalue weighted by molar-refractivity contribution is 0.0223. The van der Waals surface area contributed by atoms with Crippen LogP contribution in [0.15, 0.2) is 0 Å². The monoisotopic (exact) mass is 243 g/mol. The smallest absolute Gasteiger partial charge is 0.0699 e. The molecule has 2 unspecified atom stereocenters. The quantitative estimate of drug-likeness (QED) is 0.661. The Morgan fingerprint density at radius 2 is 1.65 bits per heavy atom. The van der Waals surface area contributed by atoms with Crippen LogP contribution in [0, 0.1) is 5.92 Å². The van der Waals surface area contributed by atoms with Crippen molar-refractivity contribution < 1.29 is 4.74 Å². The third-order valence-electron chi connectivity index (χ3n) is 2.87. The fourth-order valence-corrected chi connectivity index (χ4v) is 1.86. The van der Waals surface area contributed by atoms with Gasteiger partial charge in [0.1, 0.15) is 0 Å². The molecule has 0 aliphatic rings. The normalized spacial score (nSPS) is 15.9. The molecule has 104 valence electrons. The van der Waals surface area contributed by atoms with Crippen LogP contribution in [0.4, 0.5) is 0 Å². The maximum atomic E-state index is 6.03. The average Bonchev–Trinajstić information content (AvgIpc) is 2.21. The van der Waals surface area contributed by atoms with Gasteiger partial charge < -0.3 is 10.1 Å². The Kier molecular flexibility index (Phi) is 8.89. The molecule has 0 fully saturated rings. The lowest BCUT2D eigenvalue weighted by Gasteiger charge is -2.26. The Morgan fingerprint density at radius 1 is 1.06 bits per heavy atom. The van der Waals surface area contributed by atoms with Crippen LogP contribution in [-0.2, 0) is 4.74 Å². The minimum absolute atomic E-state index is 0.185. The van der Waals surface area contributed by atoms with E-state index in [9.17, 15) is 0 Å². The van der Waals surface area contributed by atoms with Crippen LogP contribution in [0.1, 0.15) is 67.2 Å². The first-order chi connectivity index (χ1) is 7.89. The molecule has 0 heterocycles. The fourth-order valence-electron chi connectivity index (χ4n) is 1.86. The average molecular weight is 243 g/mol. The summed E-state index contributed by atoms with van der Waals surface area (Å²) in [5.74, 6) is 0.689. The highest BCUT2D eigenvalue weighted by atomic mass is 16.5. The van der Waals surface area contributed by atoms with Crippen LogP contribution in [0.25, 0.3) is 0 Å². The standard InChI is InChI=1S/C15H33NO/c1-7-9-13(3)12-17-14(10-8-2)11-16-15(4,5)6/h13-14,16H,7-12H2,1-6H3. The summed E-state index contributed by atoms with van der Waals surface area (Å²) < 4.78 is 6.03. The summed E-state index contributed by atoms with van der Waals surface area (Å²) in [5.41, 5.74) is 0.185. The van der Waals surface area contributed by atoms with Crippen molar-refractivity contribution in [1.82, 2.24) is 5.32 Å². The third kappa shape index (κ3) is 10.8. The van der Waals surface area contributed by atoms with Crippen molar-refractivity contribution >= 4 is 0 Å². The number of nitrogens with one attached hydrogen (secondary N) is 1. The van der Waals surface area contributed by atoms with E-state index in [1.807, 2.05) is 0 Å². The minimum atomic E-state index is 0.185. The number of hydrogen-bond acceptors (Lipinski definition) is 2. The van der Waals surface area contributed by atoms with Crippen LogP contribution in [0.2, 0.25) is 0 Å². The van der Waals surface area contributed by atoms with Crippen LogP contribution in [0.3, 0.4) is 0 Å². The highest BCUT2D eigenvalue weighted by Gasteiger charge is 2.14. The van der Waals surface area contributed by atoms with Gasteiger partial charge >= 0.3 is 0 Å². The van der Waals surface area contributed by atoms with Gasteiger partial charge in [-0.2, -0.15) is 0 Å².